The number of anilines is 1. The zero-order chi connectivity index (χ0) is 14.7. The van der Waals surface area contributed by atoms with E-state index in [9.17, 15) is 0 Å². The summed E-state index contributed by atoms with van der Waals surface area (Å²) in [4.78, 5) is 17.6. The highest BCUT2D eigenvalue weighted by Gasteiger charge is 2.11. The fourth-order valence-electron chi connectivity index (χ4n) is 1.58. The van der Waals surface area contributed by atoms with E-state index >= 15 is 0 Å². The van der Waals surface area contributed by atoms with Crippen molar-refractivity contribution in [3.8, 4) is 5.95 Å². The van der Waals surface area contributed by atoms with Crippen LogP contribution in [0.15, 0.2) is 33.3 Å². The van der Waals surface area contributed by atoms with Gasteiger partial charge in [0, 0.05) is 30.0 Å². The average Bonchev–Trinajstić information content (AvgIpc) is 3.11. The van der Waals surface area contributed by atoms with Gasteiger partial charge in [-0.25, -0.2) is 9.67 Å². The molecule has 0 radical (unpaired) electrons. The lowest BCUT2D eigenvalue weighted by Crippen LogP contribution is -2.09. The van der Waals surface area contributed by atoms with Crippen molar-refractivity contribution >= 4 is 29.0 Å². The number of nitrogens with one attached hydrogen (secondary N) is 1. The first-order chi connectivity index (χ1) is 10.2. The van der Waals surface area contributed by atoms with Crippen molar-refractivity contribution in [1.82, 2.24) is 29.7 Å². The maximum atomic E-state index is 4.43. The monoisotopic (exact) mass is 319 g/mol. The van der Waals surface area contributed by atoms with Crippen LogP contribution < -0.4 is 5.32 Å². The molecule has 0 unspecified atom stereocenters. The molecule has 0 aliphatic heterocycles. The first-order valence-electron chi connectivity index (χ1n) is 6.34. The van der Waals surface area contributed by atoms with E-state index in [1.807, 2.05) is 25.3 Å². The lowest BCUT2D eigenvalue weighted by Gasteiger charge is -2.06. The van der Waals surface area contributed by atoms with Gasteiger partial charge in [-0.3, -0.25) is 0 Å². The topological polar surface area (TPSA) is 81.4 Å². The minimum atomic E-state index is 0.488. The van der Waals surface area contributed by atoms with Gasteiger partial charge in [-0.1, -0.05) is 0 Å². The predicted octanol–water partition coefficient (Wildman–Crippen LogP) is 2.41. The summed E-state index contributed by atoms with van der Waals surface area (Å²) in [5.74, 6) is 1.02. The molecule has 0 atom stereocenters. The van der Waals surface area contributed by atoms with Gasteiger partial charge in [-0.05, 0) is 31.7 Å². The van der Waals surface area contributed by atoms with Crippen LogP contribution in [-0.2, 0) is 0 Å². The van der Waals surface area contributed by atoms with Crippen molar-refractivity contribution in [3.63, 3.8) is 0 Å². The molecule has 0 fully saturated rings. The molecule has 0 spiro atoms. The van der Waals surface area contributed by atoms with Crippen molar-refractivity contribution in [1.29, 1.82) is 0 Å². The third-order valence-electron chi connectivity index (χ3n) is 2.42. The van der Waals surface area contributed by atoms with Gasteiger partial charge in [0.15, 0.2) is 4.34 Å². The number of hydrogen-bond acceptors (Lipinski definition) is 8. The smallest absolute Gasteiger partial charge is 0.256 e. The largest absolute Gasteiger partial charge is 0.354 e. The Morgan fingerprint density at radius 2 is 2.19 bits per heavy atom. The Labute approximate surface area is 129 Å². The van der Waals surface area contributed by atoms with Gasteiger partial charge in [0.2, 0.25) is 11.1 Å². The SMILES string of the molecule is CCNc1nc(Sc2nc(C)cs2)nc(-n2cccn2)n1. The molecule has 0 amide bonds. The van der Waals surface area contributed by atoms with E-state index in [0.29, 0.717) is 17.1 Å². The lowest BCUT2D eigenvalue weighted by atomic mass is 10.6. The molecule has 0 bridgehead atoms. The minimum absolute atomic E-state index is 0.488. The van der Waals surface area contributed by atoms with Gasteiger partial charge in [0.1, 0.15) is 0 Å². The van der Waals surface area contributed by atoms with Crippen LogP contribution in [0.25, 0.3) is 5.95 Å². The van der Waals surface area contributed by atoms with E-state index in [-0.39, 0.29) is 0 Å². The number of thiazole rings is 1. The van der Waals surface area contributed by atoms with Gasteiger partial charge in [0.05, 0.1) is 0 Å². The average molecular weight is 319 g/mol. The second-order valence-electron chi connectivity index (χ2n) is 4.08. The highest BCUT2D eigenvalue weighted by atomic mass is 32.2. The van der Waals surface area contributed by atoms with E-state index in [2.05, 4.69) is 30.4 Å². The summed E-state index contributed by atoms with van der Waals surface area (Å²) in [6, 6.07) is 1.83. The summed E-state index contributed by atoms with van der Waals surface area (Å²) in [5.41, 5.74) is 0.996. The molecule has 0 aromatic carbocycles. The Balaban J connectivity index is 1.95. The van der Waals surface area contributed by atoms with Crippen LogP contribution in [0.4, 0.5) is 5.95 Å². The summed E-state index contributed by atoms with van der Waals surface area (Å²) in [5, 5.41) is 9.86. The zero-order valence-corrected chi connectivity index (χ0v) is 13.1. The lowest BCUT2D eigenvalue weighted by molar-refractivity contribution is 0.760. The van der Waals surface area contributed by atoms with Crippen LogP contribution in [0.5, 0.6) is 0 Å². The van der Waals surface area contributed by atoms with Crippen LogP contribution >= 0.6 is 23.1 Å². The van der Waals surface area contributed by atoms with E-state index < -0.39 is 0 Å². The molecule has 3 heterocycles. The minimum Gasteiger partial charge on any atom is -0.354 e. The second kappa shape index (κ2) is 6.19. The van der Waals surface area contributed by atoms with Crippen molar-refractivity contribution in [2.24, 2.45) is 0 Å². The van der Waals surface area contributed by atoms with Gasteiger partial charge >= 0.3 is 0 Å². The Kier molecular flexibility index (Phi) is 4.11. The summed E-state index contributed by atoms with van der Waals surface area (Å²) < 4.78 is 2.52. The van der Waals surface area contributed by atoms with Crippen molar-refractivity contribution < 1.29 is 0 Å². The van der Waals surface area contributed by atoms with Crippen molar-refractivity contribution in [3.05, 3.63) is 29.5 Å². The first-order valence-corrected chi connectivity index (χ1v) is 8.04. The highest BCUT2D eigenvalue weighted by molar-refractivity contribution is 8.00. The molecule has 3 aromatic rings. The third-order valence-corrected chi connectivity index (χ3v) is 4.35. The summed E-state index contributed by atoms with van der Waals surface area (Å²) in [6.07, 6.45) is 3.49. The molecule has 108 valence electrons. The number of rotatable bonds is 5. The number of aryl methyl sites for hydroxylation is 1. The number of aromatic nitrogens is 6. The van der Waals surface area contributed by atoms with Gasteiger partial charge in [-0.2, -0.15) is 20.1 Å². The molecule has 0 aliphatic rings. The van der Waals surface area contributed by atoms with Gasteiger partial charge in [0.25, 0.3) is 5.95 Å². The van der Waals surface area contributed by atoms with Crippen LogP contribution in [0.2, 0.25) is 0 Å². The van der Waals surface area contributed by atoms with Crippen LogP contribution in [0, 0.1) is 6.92 Å². The molecular formula is C12H13N7S2. The molecular weight excluding hydrogens is 306 g/mol. The summed E-state index contributed by atoms with van der Waals surface area (Å²) in [7, 11) is 0. The van der Waals surface area contributed by atoms with E-state index in [0.717, 1.165) is 16.6 Å². The molecule has 1 N–H and O–H groups in total. The maximum absolute atomic E-state index is 4.43. The first kappa shape index (κ1) is 14.0. The van der Waals surface area contributed by atoms with Gasteiger partial charge < -0.3 is 5.32 Å². The molecule has 0 aliphatic carbocycles. The molecule has 21 heavy (non-hydrogen) atoms. The van der Waals surface area contributed by atoms with E-state index in [1.165, 1.54) is 11.8 Å². The normalized spacial score (nSPS) is 10.8. The Hall–Kier alpha value is -2.00. The Morgan fingerprint density at radius 3 is 2.86 bits per heavy atom. The predicted molar refractivity (Wildman–Crippen MR) is 82.1 cm³/mol. The van der Waals surface area contributed by atoms with Crippen LogP contribution in [0.3, 0.4) is 0 Å². The standard InChI is InChI=1S/C12H13N7S2/c1-3-13-9-16-10(19-6-4-5-14-19)18-11(17-9)21-12-15-8(2)7-20-12/h4-7H,3H2,1-2H3,(H,13,16,17,18). The van der Waals surface area contributed by atoms with Crippen molar-refractivity contribution in [2.75, 3.05) is 11.9 Å². The molecule has 3 rings (SSSR count). The third kappa shape index (κ3) is 3.37. The molecule has 7 nitrogen and oxygen atoms in total. The van der Waals surface area contributed by atoms with E-state index in [4.69, 9.17) is 0 Å². The Bertz CT molecular complexity index is 723. The van der Waals surface area contributed by atoms with Gasteiger partial charge in [-0.15, -0.1) is 11.3 Å². The number of nitrogens with zero attached hydrogens (tertiary/aromatic N) is 6. The zero-order valence-electron chi connectivity index (χ0n) is 11.5. The summed E-state index contributed by atoms with van der Waals surface area (Å²) >= 11 is 3.00. The molecule has 9 heteroatoms. The Morgan fingerprint density at radius 1 is 1.29 bits per heavy atom. The molecule has 0 saturated heterocycles. The number of hydrogen-bond donors (Lipinski definition) is 1. The van der Waals surface area contributed by atoms with Crippen LogP contribution in [0.1, 0.15) is 12.6 Å². The molecule has 0 saturated carbocycles. The summed E-state index contributed by atoms with van der Waals surface area (Å²) in [6.45, 7) is 4.70. The second-order valence-corrected chi connectivity index (χ2v) is 6.15. The fourth-order valence-corrected chi connectivity index (χ4v) is 3.26. The molecule has 3 aromatic heterocycles. The van der Waals surface area contributed by atoms with E-state index in [1.54, 1.807) is 28.4 Å². The maximum Gasteiger partial charge on any atom is 0.256 e. The van der Waals surface area contributed by atoms with Crippen molar-refractivity contribution in [2.45, 2.75) is 23.3 Å². The quantitative estimate of drug-likeness (QED) is 0.773. The fraction of sp³-hybridized carbons (Fsp3) is 0.250. The highest BCUT2D eigenvalue weighted by Crippen LogP contribution is 2.28. The van der Waals surface area contributed by atoms with Crippen LogP contribution in [-0.4, -0.2) is 36.3 Å².